The third kappa shape index (κ3) is 5.85. The summed E-state index contributed by atoms with van der Waals surface area (Å²) in [5.74, 6) is -1.11. The number of thiophene rings is 1. The number of rotatable bonds is 9. The average molecular weight is 487 g/mol. The Morgan fingerprint density at radius 2 is 1.97 bits per heavy atom. The largest absolute Gasteiger partial charge is 0.299 e. The summed E-state index contributed by atoms with van der Waals surface area (Å²) >= 11 is 4.35. The number of carbonyl (C=O) groups excluding carboxylic acids is 1. The van der Waals surface area contributed by atoms with Crippen LogP contribution < -0.4 is 10.0 Å². The van der Waals surface area contributed by atoms with Crippen molar-refractivity contribution in [2.75, 3.05) is 5.32 Å². The lowest BCUT2D eigenvalue weighted by atomic mass is 10.1. The van der Waals surface area contributed by atoms with E-state index in [9.17, 15) is 17.6 Å². The highest BCUT2D eigenvalue weighted by Crippen LogP contribution is 2.29. The van der Waals surface area contributed by atoms with Crippen molar-refractivity contribution in [3.63, 3.8) is 0 Å². The first-order valence-electron chi connectivity index (χ1n) is 8.82. The van der Waals surface area contributed by atoms with Crippen molar-refractivity contribution in [2.24, 2.45) is 5.92 Å². The van der Waals surface area contributed by atoms with Gasteiger partial charge in [-0.25, -0.2) is 12.8 Å². The molecular formula is C18H19FN4O3S4. The highest BCUT2D eigenvalue weighted by molar-refractivity contribution is 8.00. The van der Waals surface area contributed by atoms with E-state index in [-0.39, 0.29) is 11.0 Å². The normalized spacial score (nSPS) is 12.8. The summed E-state index contributed by atoms with van der Waals surface area (Å²) in [5.41, 5.74) is 0. The van der Waals surface area contributed by atoms with Gasteiger partial charge in [0.25, 0.3) is 0 Å². The molecular weight excluding hydrogens is 467 g/mol. The summed E-state index contributed by atoms with van der Waals surface area (Å²) in [5, 5.41) is 12.9. The van der Waals surface area contributed by atoms with E-state index in [1.165, 1.54) is 40.1 Å². The summed E-state index contributed by atoms with van der Waals surface area (Å²) in [6.45, 7) is 3.38. The molecule has 0 aliphatic carbocycles. The van der Waals surface area contributed by atoms with Crippen LogP contribution in [-0.2, 0) is 20.6 Å². The van der Waals surface area contributed by atoms with Crippen LogP contribution in [0.5, 0.6) is 0 Å². The first-order valence-corrected chi connectivity index (χ1v) is 13.0. The Kier molecular flexibility index (Phi) is 7.58. The second-order valence-corrected chi connectivity index (χ2v) is 11.4. The van der Waals surface area contributed by atoms with Gasteiger partial charge in [-0.2, -0.15) is 4.72 Å². The summed E-state index contributed by atoms with van der Waals surface area (Å²) < 4.78 is 42.0. The van der Waals surface area contributed by atoms with E-state index in [4.69, 9.17) is 0 Å². The molecule has 0 saturated heterocycles. The molecule has 12 heteroatoms. The SMILES string of the molecule is CC(C)[C@H](NS(=O)(=O)c1ccccc1F)C(=O)Nc1nnc(SCc2cccs2)s1. The van der Waals surface area contributed by atoms with Crippen molar-refractivity contribution in [2.45, 2.75) is 34.9 Å². The summed E-state index contributed by atoms with van der Waals surface area (Å²) in [7, 11) is -4.22. The van der Waals surface area contributed by atoms with E-state index in [1.807, 2.05) is 17.5 Å². The Balaban J connectivity index is 1.67. The van der Waals surface area contributed by atoms with Crippen LogP contribution in [0.1, 0.15) is 18.7 Å². The number of nitrogens with one attached hydrogen (secondary N) is 2. The number of carbonyl (C=O) groups is 1. The van der Waals surface area contributed by atoms with Crippen molar-refractivity contribution in [1.29, 1.82) is 0 Å². The van der Waals surface area contributed by atoms with E-state index >= 15 is 0 Å². The van der Waals surface area contributed by atoms with E-state index in [2.05, 4.69) is 20.2 Å². The van der Waals surface area contributed by atoms with E-state index < -0.39 is 32.7 Å². The molecule has 30 heavy (non-hydrogen) atoms. The number of halogens is 1. The molecule has 2 aromatic heterocycles. The topological polar surface area (TPSA) is 101 Å². The Morgan fingerprint density at radius 3 is 2.63 bits per heavy atom. The van der Waals surface area contributed by atoms with E-state index in [0.717, 1.165) is 17.9 Å². The number of hydrogen-bond acceptors (Lipinski definition) is 8. The number of anilines is 1. The predicted octanol–water partition coefficient (Wildman–Crippen LogP) is 3.97. The van der Waals surface area contributed by atoms with Crippen molar-refractivity contribution in [3.8, 4) is 0 Å². The minimum atomic E-state index is -4.22. The highest BCUT2D eigenvalue weighted by atomic mass is 32.2. The standard InChI is InChI=1S/C18H19FN4O3S4/c1-11(2)15(23-30(25,26)14-8-4-3-7-13(14)19)16(24)20-17-21-22-18(29-17)28-10-12-6-5-9-27-12/h3-9,11,15,23H,10H2,1-2H3,(H,20,21,24)/t15-/m0/s1. The van der Waals surface area contributed by atoms with Gasteiger partial charge in [-0.15, -0.1) is 21.5 Å². The van der Waals surface area contributed by atoms with Crippen molar-refractivity contribution in [1.82, 2.24) is 14.9 Å². The Labute approximate surface area is 186 Å². The molecule has 2 N–H and O–H groups in total. The lowest BCUT2D eigenvalue weighted by molar-refractivity contribution is -0.118. The third-order valence-electron chi connectivity index (χ3n) is 3.91. The Bertz CT molecular complexity index is 1100. The molecule has 3 aromatic rings. The van der Waals surface area contributed by atoms with Crippen LogP contribution in [0, 0.1) is 11.7 Å². The van der Waals surface area contributed by atoms with Crippen molar-refractivity contribution >= 4 is 55.5 Å². The second-order valence-electron chi connectivity index (χ2n) is 6.50. The first-order chi connectivity index (χ1) is 14.3. The maximum Gasteiger partial charge on any atom is 0.244 e. The minimum Gasteiger partial charge on any atom is -0.299 e. The van der Waals surface area contributed by atoms with Crippen LogP contribution in [0.2, 0.25) is 0 Å². The monoisotopic (exact) mass is 486 g/mol. The number of amides is 1. The molecule has 0 bridgehead atoms. The fraction of sp³-hybridized carbons (Fsp3) is 0.278. The number of aromatic nitrogens is 2. The third-order valence-corrected chi connectivity index (χ3v) is 8.47. The lowest BCUT2D eigenvalue weighted by Crippen LogP contribution is -2.47. The predicted molar refractivity (Wildman–Crippen MR) is 118 cm³/mol. The van der Waals surface area contributed by atoms with Gasteiger partial charge in [-0.1, -0.05) is 55.1 Å². The van der Waals surface area contributed by atoms with Crippen LogP contribution in [0.15, 0.2) is 51.0 Å². The van der Waals surface area contributed by atoms with Gasteiger partial charge in [0.05, 0.1) is 0 Å². The van der Waals surface area contributed by atoms with Crippen LogP contribution in [0.4, 0.5) is 9.52 Å². The van der Waals surface area contributed by atoms with E-state index in [0.29, 0.717) is 4.34 Å². The summed E-state index contributed by atoms with van der Waals surface area (Å²) in [6.07, 6.45) is 0. The number of thioether (sulfide) groups is 1. The molecule has 2 heterocycles. The van der Waals surface area contributed by atoms with Crippen LogP contribution in [0.3, 0.4) is 0 Å². The van der Waals surface area contributed by atoms with Gasteiger partial charge in [0.2, 0.25) is 21.1 Å². The van der Waals surface area contributed by atoms with Gasteiger partial charge in [0.1, 0.15) is 16.8 Å². The van der Waals surface area contributed by atoms with Gasteiger partial charge >= 0.3 is 0 Å². The molecule has 0 radical (unpaired) electrons. The quantitative estimate of drug-likeness (QED) is 0.351. The fourth-order valence-electron chi connectivity index (χ4n) is 2.41. The highest BCUT2D eigenvalue weighted by Gasteiger charge is 2.30. The number of sulfonamides is 1. The number of benzene rings is 1. The van der Waals surface area contributed by atoms with Gasteiger partial charge < -0.3 is 0 Å². The van der Waals surface area contributed by atoms with E-state index in [1.54, 1.807) is 25.2 Å². The Hall–Kier alpha value is -1.86. The maximum absolute atomic E-state index is 13.9. The van der Waals surface area contributed by atoms with Gasteiger partial charge in [0.15, 0.2) is 4.34 Å². The van der Waals surface area contributed by atoms with Crippen molar-refractivity contribution < 1.29 is 17.6 Å². The van der Waals surface area contributed by atoms with Crippen LogP contribution in [-0.4, -0.2) is 30.6 Å². The summed E-state index contributed by atoms with van der Waals surface area (Å²) in [4.78, 5) is 13.4. The molecule has 0 fully saturated rings. The molecule has 0 saturated carbocycles. The second kappa shape index (κ2) is 9.96. The number of nitrogens with zero attached hydrogens (tertiary/aromatic N) is 2. The number of hydrogen-bond donors (Lipinski definition) is 2. The molecule has 1 amide bonds. The van der Waals surface area contributed by atoms with Gasteiger partial charge in [-0.05, 0) is 29.5 Å². The zero-order valence-corrected chi connectivity index (χ0v) is 19.3. The van der Waals surface area contributed by atoms with Gasteiger partial charge in [0, 0.05) is 10.6 Å². The molecule has 0 unspecified atom stereocenters. The minimum absolute atomic E-state index is 0.268. The maximum atomic E-state index is 13.9. The lowest BCUT2D eigenvalue weighted by Gasteiger charge is -2.21. The molecule has 0 spiro atoms. The Morgan fingerprint density at radius 1 is 1.20 bits per heavy atom. The van der Waals surface area contributed by atoms with Crippen LogP contribution in [0.25, 0.3) is 0 Å². The summed E-state index contributed by atoms with van der Waals surface area (Å²) in [6, 6.07) is 7.89. The first kappa shape index (κ1) is 22.8. The molecule has 0 aliphatic rings. The molecule has 3 rings (SSSR count). The molecule has 160 valence electrons. The molecule has 0 aliphatic heterocycles. The molecule has 1 aromatic carbocycles. The molecule has 7 nitrogen and oxygen atoms in total. The smallest absolute Gasteiger partial charge is 0.244 e. The zero-order chi connectivity index (χ0) is 21.7. The molecule has 1 atom stereocenters. The van der Waals surface area contributed by atoms with Gasteiger partial charge in [-0.3, -0.25) is 10.1 Å². The van der Waals surface area contributed by atoms with Crippen LogP contribution >= 0.6 is 34.4 Å². The average Bonchev–Trinajstić information content (AvgIpc) is 3.36. The zero-order valence-electron chi connectivity index (χ0n) is 16.0. The fourth-order valence-corrected chi connectivity index (χ4v) is 6.37. The van der Waals surface area contributed by atoms with Crippen molar-refractivity contribution in [3.05, 3.63) is 52.5 Å².